The summed E-state index contributed by atoms with van der Waals surface area (Å²) in [4.78, 5) is 0. The van der Waals surface area contributed by atoms with Crippen LogP contribution in [0.1, 0.15) is 19.3 Å². The molecule has 1 aliphatic carbocycles. The maximum atomic E-state index is 2.39. The van der Waals surface area contributed by atoms with Gasteiger partial charge in [0.05, 0.1) is 0 Å². The van der Waals surface area contributed by atoms with Gasteiger partial charge in [0.15, 0.2) is 0 Å². The first-order chi connectivity index (χ1) is 3.39. The summed E-state index contributed by atoms with van der Waals surface area (Å²) in [5, 5.41) is 0. The second-order valence-corrected chi connectivity index (χ2v) is 2.51. The van der Waals surface area contributed by atoms with Crippen LogP contribution in [0.15, 0.2) is 0 Å². The molecule has 1 saturated carbocycles. The van der Waals surface area contributed by atoms with Crippen molar-refractivity contribution < 1.29 is 4.58 Å². The highest BCUT2D eigenvalue weighted by Gasteiger charge is 2.48. The molecule has 0 aromatic rings. The van der Waals surface area contributed by atoms with Crippen molar-refractivity contribution in [2.45, 2.75) is 25.3 Å². The smallest absolute Gasteiger partial charge is 0.221 e. The summed E-state index contributed by atoms with van der Waals surface area (Å²) in [6.45, 7) is 0. The average molecular weight is 96.2 g/mol. The molecule has 0 N–H and O–H groups in total. The summed E-state index contributed by atoms with van der Waals surface area (Å²) in [5.74, 6) is 0. The van der Waals surface area contributed by atoms with E-state index in [-0.39, 0.29) is 0 Å². The molecule has 1 heteroatoms. The molecule has 2 rings (SSSR count). The third-order valence-electron chi connectivity index (χ3n) is 2.15. The molecule has 0 aromatic carbocycles. The zero-order chi connectivity index (χ0) is 4.85. The lowest BCUT2D eigenvalue weighted by molar-refractivity contribution is -0.440. The Hall–Kier alpha value is -0.330. The van der Waals surface area contributed by atoms with Crippen molar-refractivity contribution in [1.82, 2.24) is 0 Å². The fourth-order valence-corrected chi connectivity index (χ4v) is 1.58. The molecule has 1 unspecified atom stereocenters. The molecule has 38 valence electrons. The first-order valence-electron chi connectivity index (χ1n) is 2.98. The zero-order valence-electron chi connectivity index (χ0n) is 4.65. The molecular weight excluding hydrogens is 86.1 g/mol. The molecule has 0 aromatic heterocycles. The van der Waals surface area contributed by atoms with Crippen molar-refractivity contribution in [3.05, 3.63) is 0 Å². The Morgan fingerprint density at radius 2 is 2.57 bits per heavy atom. The SMILES string of the molecule is C[N+]1=C2CCCC21. The molecule has 0 radical (unpaired) electrons. The van der Waals surface area contributed by atoms with Crippen LogP contribution in [0.4, 0.5) is 0 Å². The maximum Gasteiger partial charge on any atom is 0.231 e. The molecule has 1 nitrogen and oxygen atoms in total. The third-order valence-corrected chi connectivity index (χ3v) is 2.15. The second kappa shape index (κ2) is 0.908. The summed E-state index contributed by atoms with van der Waals surface area (Å²) in [7, 11) is 2.19. The molecule has 1 aliphatic heterocycles. The Balaban J connectivity index is 2.23. The topological polar surface area (TPSA) is 3.01 Å². The highest BCUT2D eigenvalue weighted by molar-refractivity contribution is 5.93. The Morgan fingerprint density at radius 3 is 2.86 bits per heavy atom. The lowest BCUT2D eigenvalue weighted by Gasteiger charge is -1.79. The first kappa shape index (κ1) is 3.65. The van der Waals surface area contributed by atoms with Crippen LogP contribution < -0.4 is 0 Å². The van der Waals surface area contributed by atoms with Crippen LogP contribution in [0.5, 0.6) is 0 Å². The fourth-order valence-electron chi connectivity index (χ4n) is 1.58. The number of hydrogen-bond acceptors (Lipinski definition) is 0. The molecule has 7 heavy (non-hydrogen) atoms. The van der Waals surface area contributed by atoms with E-state index in [4.69, 9.17) is 0 Å². The first-order valence-corrected chi connectivity index (χ1v) is 2.98. The third kappa shape index (κ3) is 0.311. The Labute approximate surface area is 43.7 Å². The van der Waals surface area contributed by atoms with Gasteiger partial charge >= 0.3 is 0 Å². The van der Waals surface area contributed by atoms with E-state index in [9.17, 15) is 0 Å². The van der Waals surface area contributed by atoms with Gasteiger partial charge in [-0.1, -0.05) is 0 Å². The summed E-state index contributed by atoms with van der Waals surface area (Å²) in [6, 6.07) is 0.931. The van der Waals surface area contributed by atoms with E-state index >= 15 is 0 Å². The van der Waals surface area contributed by atoms with E-state index in [1.807, 2.05) is 0 Å². The molecular formula is C6H10N+. The Kier molecular flexibility index (Phi) is 0.473. The van der Waals surface area contributed by atoms with Crippen molar-refractivity contribution in [2.75, 3.05) is 7.05 Å². The number of rotatable bonds is 0. The van der Waals surface area contributed by atoms with Crippen LogP contribution in [-0.4, -0.2) is 23.4 Å². The second-order valence-electron chi connectivity index (χ2n) is 2.51. The quantitative estimate of drug-likeness (QED) is 0.389. The van der Waals surface area contributed by atoms with E-state index in [1.165, 1.54) is 19.3 Å². The number of hydrogen-bond donors (Lipinski definition) is 0. The van der Waals surface area contributed by atoms with Crippen molar-refractivity contribution in [1.29, 1.82) is 0 Å². The number of fused-ring (bicyclic) bond motifs is 1. The average Bonchev–Trinajstić information content (AvgIpc) is 2.26. The van der Waals surface area contributed by atoms with Gasteiger partial charge in [-0.25, -0.2) is 4.58 Å². The molecule has 1 atom stereocenters. The van der Waals surface area contributed by atoms with Gasteiger partial charge in [-0.2, -0.15) is 0 Å². The molecule has 1 fully saturated rings. The van der Waals surface area contributed by atoms with Crippen LogP contribution in [0.25, 0.3) is 0 Å². The Morgan fingerprint density at radius 1 is 1.71 bits per heavy atom. The standard InChI is InChI=1S/C6H10N/c1-7-5-3-2-4-6(5)7/h5H,2-4H2,1H3/q+1. The largest absolute Gasteiger partial charge is 0.231 e. The van der Waals surface area contributed by atoms with Crippen molar-refractivity contribution >= 4 is 5.71 Å². The van der Waals surface area contributed by atoms with Gasteiger partial charge in [0.25, 0.3) is 0 Å². The minimum absolute atomic E-state index is 0.931. The molecule has 1 heterocycles. The van der Waals surface area contributed by atoms with Crippen LogP contribution in [0.2, 0.25) is 0 Å². The van der Waals surface area contributed by atoms with Gasteiger partial charge in [-0.3, -0.25) is 0 Å². The van der Waals surface area contributed by atoms with Crippen LogP contribution in [0, 0.1) is 0 Å². The fraction of sp³-hybridized carbons (Fsp3) is 0.833. The van der Waals surface area contributed by atoms with Gasteiger partial charge in [-0.15, -0.1) is 0 Å². The van der Waals surface area contributed by atoms with E-state index in [2.05, 4.69) is 11.6 Å². The number of nitrogens with zero attached hydrogens (tertiary/aromatic N) is 1. The molecule has 0 bridgehead atoms. The summed E-state index contributed by atoms with van der Waals surface area (Å²) in [5.41, 5.74) is 1.71. The van der Waals surface area contributed by atoms with Crippen LogP contribution >= 0.6 is 0 Å². The summed E-state index contributed by atoms with van der Waals surface area (Å²) >= 11 is 0. The van der Waals surface area contributed by atoms with E-state index in [0.717, 1.165) is 6.04 Å². The monoisotopic (exact) mass is 96.1 g/mol. The lowest BCUT2D eigenvalue weighted by atomic mass is 10.3. The minimum atomic E-state index is 0.931. The zero-order valence-corrected chi connectivity index (χ0v) is 4.65. The molecule has 0 saturated heterocycles. The van der Waals surface area contributed by atoms with Gasteiger partial charge in [0.1, 0.15) is 7.05 Å². The summed E-state index contributed by atoms with van der Waals surface area (Å²) < 4.78 is 2.39. The maximum absolute atomic E-state index is 2.39. The predicted octanol–water partition coefficient (Wildman–Crippen LogP) is 0.636. The van der Waals surface area contributed by atoms with Gasteiger partial charge in [-0.05, 0) is 6.42 Å². The van der Waals surface area contributed by atoms with E-state index < -0.39 is 0 Å². The van der Waals surface area contributed by atoms with Gasteiger partial charge in [0.2, 0.25) is 11.8 Å². The van der Waals surface area contributed by atoms with E-state index in [1.54, 1.807) is 5.71 Å². The van der Waals surface area contributed by atoms with Gasteiger partial charge < -0.3 is 0 Å². The Bertz CT molecular complexity index is 135. The minimum Gasteiger partial charge on any atom is -0.221 e. The van der Waals surface area contributed by atoms with Crippen molar-refractivity contribution in [3.63, 3.8) is 0 Å². The molecule has 2 aliphatic rings. The highest BCUT2D eigenvalue weighted by atomic mass is 15.2. The highest BCUT2D eigenvalue weighted by Crippen LogP contribution is 2.27. The molecule has 0 spiro atoms. The lowest BCUT2D eigenvalue weighted by Crippen LogP contribution is -1.92. The van der Waals surface area contributed by atoms with Gasteiger partial charge in [0, 0.05) is 12.8 Å². The van der Waals surface area contributed by atoms with Crippen LogP contribution in [-0.2, 0) is 0 Å². The molecule has 0 amide bonds. The van der Waals surface area contributed by atoms with Crippen molar-refractivity contribution in [2.24, 2.45) is 0 Å². The van der Waals surface area contributed by atoms with Crippen LogP contribution in [0.3, 0.4) is 0 Å². The van der Waals surface area contributed by atoms with E-state index in [0.29, 0.717) is 0 Å². The predicted molar refractivity (Wildman–Crippen MR) is 28.8 cm³/mol. The van der Waals surface area contributed by atoms with Crippen molar-refractivity contribution in [3.8, 4) is 0 Å². The normalized spacial score (nSPS) is 36.4. The summed E-state index contributed by atoms with van der Waals surface area (Å²) in [6.07, 6.45) is 4.28.